The Balaban J connectivity index is 2.00. The SMILES string of the molecule is O=C1OC2CCCC3OC(=O)C1C23. The van der Waals surface area contributed by atoms with Crippen molar-refractivity contribution in [3.8, 4) is 0 Å². The first-order valence-electron chi connectivity index (χ1n) is 4.68. The van der Waals surface area contributed by atoms with Gasteiger partial charge in [0.2, 0.25) is 0 Å². The van der Waals surface area contributed by atoms with Gasteiger partial charge in [-0.15, -0.1) is 0 Å². The van der Waals surface area contributed by atoms with Crippen LogP contribution in [-0.4, -0.2) is 24.1 Å². The quantitative estimate of drug-likeness (QED) is 0.398. The molecule has 0 bridgehead atoms. The number of carbonyl (C=O) groups is 2. The monoisotopic (exact) mass is 182 g/mol. The van der Waals surface area contributed by atoms with Crippen LogP contribution in [0.2, 0.25) is 0 Å². The standard InChI is InChI=1S/C9H10O4/c10-8-7-6-4(12-8)2-1-3-5(6)13-9(7)11/h4-7H,1-3H2. The molecule has 2 heterocycles. The molecule has 0 N–H and O–H groups in total. The topological polar surface area (TPSA) is 52.6 Å². The highest BCUT2D eigenvalue weighted by Gasteiger charge is 2.59. The van der Waals surface area contributed by atoms with Crippen molar-refractivity contribution in [3.05, 3.63) is 0 Å². The number of hydrogen-bond donors (Lipinski definition) is 0. The Kier molecular flexibility index (Phi) is 1.27. The van der Waals surface area contributed by atoms with E-state index in [9.17, 15) is 9.59 Å². The van der Waals surface area contributed by atoms with Gasteiger partial charge in [0.15, 0.2) is 5.92 Å². The van der Waals surface area contributed by atoms with Crippen molar-refractivity contribution in [1.82, 2.24) is 0 Å². The molecule has 70 valence electrons. The lowest BCUT2D eigenvalue weighted by molar-refractivity contribution is -0.158. The van der Waals surface area contributed by atoms with E-state index in [2.05, 4.69) is 0 Å². The van der Waals surface area contributed by atoms with Gasteiger partial charge < -0.3 is 9.47 Å². The Morgan fingerprint density at radius 3 is 2.08 bits per heavy atom. The summed E-state index contributed by atoms with van der Waals surface area (Å²) in [4.78, 5) is 22.6. The van der Waals surface area contributed by atoms with Crippen LogP contribution in [0, 0.1) is 11.8 Å². The van der Waals surface area contributed by atoms with E-state index in [4.69, 9.17) is 9.47 Å². The number of esters is 2. The Labute approximate surface area is 75.2 Å². The molecule has 2 atom stereocenters. The summed E-state index contributed by atoms with van der Waals surface area (Å²) in [7, 11) is 0. The molecule has 3 aliphatic rings. The molecule has 0 aromatic heterocycles. The van der Waals surface area contributed by atoms with Crippen LogP contribution in [0.4, 0.5) is 0 Å². The van der Waals surface area contributed by atoms with Crippen molar-refractivity contribution in [2.75, 3.05) is 0 Å². The van der Waals surface area contributed by atoms with Gasteiger partial charge in [-0.3, -0.25) is 9.59 Å². The Bertz CT molecular complexity index is 259. The van der Waals surface area contributed by atoms with Crippen molar-refractivity contribution in [1.29, 1.82) is 0 Å². The largest absolute Gasteiger partial charge is 0.461 e. The maximum atomic E-state index is 11.3. The maximum absolute atomic E-state index is 11.3. The van der Waals surface area contributed by atoms with Gasteiger partial charge in [0.05, 0.1) is 5.92 Å². The van der Waals surface area contributed by atoms with Crippen molar-refractivity contribution in [3.63, 3.8) is 0 Å². The van der Waals surface area contributed by atoms with E-state index in [1.807, 2.05) is 0 Å². The van der Waals surface area contributed by atoms with Gasteiger partial charge >= 0.3 is 11.9 Å². The van der Waals surface area contributed by atoms with Crippen LogP contribution in [0.1, 0.15) is 19.3 Å². The molecule has 0 radical (unpaired) electrons. The third kappa shape index (κ3) is 0.806. The van der Waals surface area contributed by atoms with Crippen LogP contribution < -0.4 is 0 Å². The van der Waals surface area contributed by atoms with Gasteiger partial charge in [-0.2, -0.15) is 0 Å². The summed E-state index contributed by atoms with van der Waals surface area (Å²) in [6, 6.07) is 0. The zero-order valence-electron chi connectivity index (χ0n) is 7.06. The number of rotatable bonds is 0. The first kappa shape index (κ1) is 7.35. The second-order valence-electron chi connectivity index (χ2n) is 3.94. The Hall–Kier alpha value is -1.06. The third-order valence-corrected chi connectivity index (χ3v) is 3.26. The second kappa shape index (κ2) is 2.25. The molecule has 1 saturated carbocycles. The predicted molar refractivity (Wildman–Crippen MR) is 40.6 cm³/mol. The van der Waals surface area contributed by atoms with Crippen LogP contribution in [-0.2, 0) is 19.1 Å². The third-order valence-electron chi connectivity index (χ3n) is 3.26. The summed E-state index contributed by atoms with van der Waals surface area (Å²) in [5.41, 5.74) is 0. The van der Waals surface area contributed by atoms with E-state index in [0.29, 0.717) is 0 Å². The second-order valence-corrected chi connectivity index (χ2v) is 3.94. The Morgan fingerprint density at radius 1 is 1.00 bits per heavy atom. The minimum Gasteiger partial charge on any atom is -0.461 e. The van der Waals surface area contributed by atoms with E-state index < -0.39 is 5.92 Å². The average Bonchev–Trinajstić information content (AvgIpc) is 2.57. The Morgan fingerprint density at radius 2 is 1.54 bits per heavy atom. The van der Waals surface area contributed by atoms with Crippen molar-refractivity contribution < 1.29 is 19.1 Å². The molecule has 0 aromatic rings. The normalized spacial score (nSPS) is 47.1. The summed E-state index contributed by atoms with van der Waals surface area (Å²) < 4.78 is 10.3. The highest BCUT2D eigenvalue weighted by atomic mass is 16.6. The lowest BCUT2D eigenvalue weighted by Gasteiger charge is -2.26. The fraction of sp³-hybridized carbons (Fsp3) is 0.778. The predicted octanol–water partition coefficient (Wildman–Crippen LogP) is 0.254. The molecule has 3 rings (SSSR count). The van der Waals surface area contributed by atoms with Crippen LogP contribution >= 0.6 is 0 Å². The van der Waals surface area contributed by atoms with Gasteiger partial charge in [-0.25, -0.2) is 0 Å². The van der Waals surface area contributed by atoms with Gasteiger partial charge in [0.25, 0.3) is 0 Å². The lowest BCUT2D eigenvalue weighted by Crippen LogP contribution is -2.32. The molecule has 4 nitrogen and oxygen atoms in total. The molecule has 2 unspecified atom stereocenters. The molecule has 2 saturated heterocycles. The van der Waals surface area contributed by atoms with E-state index >= 15 is 0 Å². The average molecular weight is 182 g/mol. The smallest absolute Gasteiger partial charge is 0.321 e. The first-order valence-corrected chi connectivity index (χ1v) is 4.68. The van der Waals surface area contributed by atoms with Crippen molar-refractivity contribution in [2.24, 2.45) is 11.8 Å². The van der Waals surface area contributed by atoms with Crippen molar-refractivity contribution in [2.45, 2.75) is 31.5 Å². The molecule has 0 spiro atoms. The summed E-state index contributed by atoms with van der Waals surface area (Å²) >= 11 is 0. The molecule has 3 fully saturated rings. The van der Waals surface area contributed by atoms with Crippen LogP contribution in [0.25, 0.3) is 0 Å². The number of hydrogen-bond acceptors (Lipinski definition) is 4. The minimum atomic E-state index is -0.602. The molecule has 2 aliphatic heterocycles. The van der Waals surface area contributed by atoms with Crippen LogP contribution in [0.15, 0.2) is 0 Å². The van der Waals surface area contributed by atoms with Crippen molar-refractivity contribution >= 4 is 11.9 Å². The van der Waals surface area contributed by atoms with Gasteiger partial charge in [-0.05, 0) is 19.3 Å². The fourth-order valence-corrected chi connectivity index (χ4v) is 2.70. The molecule has 4 heteroatoms. The molecule has 13 heavy (non-hydrogen) atoms. The zero-order chi connectivity index (χ0) is 9.00. The maximum Gasteiger partial charge on any atom is 0.321 e. The van der Waals surface area contributed by atoms with E-state index in [0.717, 1.165) is 19.3 Å². The summed E-state index contributed by atoms with van der Waals surface area (Å²) in [5, 5.41) is 0. The summed E-state index contributed by atoms with van der Waals surface area (Å²) in [6.45, 7) is 0. The van der Waals surface area contributed by atoms with Crippen LogP contribution in [0.5, 0.6) is 0 Å². The van der Waals surface area contributed by atoms with Crippen LogP contribution in [0.3, 0.4) is 0 Å². The summed E-state index contributed by atoms with van der Waals surface area (Å²) in [6.07, 6.45) is 2.66. The van der Waals surface area contributed by atoms with E-state index in [1.165, 1.54) is 0 Å². The molecular weight excluding hydrogens is 172 g/mol. The van der Waals surface area contributed by atoms with E-state index in [1.54, 1.807) is 0 Å². The van der Waals surface area contributed by atoms with Gasteiger partial charge in [0.1, 0.15) is 12.2 Å². The molecular formula is C9H10O4. The minimum absolute atomic E-state index is 0.0220. The van der Waals surface area contributed by atoms with E-state index in [-0.39, 0.29) is 30.1 Å². The number of carbonyl (C=O) groups excluding carboxylic acids is 2. The van der Waals surface area contributed by atoms with Gasteiger partial charge in [0, 0.05) is 0 Å². The summed E-state index contributed by atoms with van der Waals surface area (Å²) in [5.74, 6) is -1.32. The lowest BCUT2D eigenvalue weighted by atomic mass is 9.80. The molecule has 0 aromatic carbocycles. The molecule has 0 amide bonds. The first-order chi connectivity index (χ1) is 6.27. The highest BCUT2D eigenvalue weighted by molar-refractivity contribution is 5.98. The number of ether oxygens (including phenoxy) is 2. The molecule has 1 aliphatic carbocycles. The van der Waals surface area contributed by atoms with Gasteiger partial charge in [-0.1, -0.05) is 0 Å². The highest BCUT2D eigenvalue weighted by Crippen LogP contribution is 2.45. The fourth-order valence-electron chi connectivity index (χ4n) is 2.70. The zero-order valence-corrected chi connectivity index (χ0v) is 7.06.